The standard InChI is InChI=1S/C12H15BrO3/c1-6-7(2)12(16)11(13)8(3)9(6)4-5-10(14)15/h16H,4-5H2,1-3H3,(H,14,15). The van der Waals surface area contributed by atoms with Crippen molar-refractivity contribution in [3.8, 4) is 5.75 Å². The Morgan fingerprint density at radius 2 is 1.75 bits per heavy atom. The van der Waals surface area contributed by atoms with Crippen molar-refractivity contribution in [1.29, 1.82) is 0 Å². The van der Waals surface area contributed by atoms with Crippen molar-refractivity contribution in [3.63, 3.8) is 0 Å². The van der Waals surface area contributed by atoms with Crippen molar-refractivity contribution in [2.45, 2.75) is 33.6 Å². The minimum absolute atomic E-state index is 0.109. The van der Waals surface area contributed by atoms with Crippen molar-refractivity contribution in [1.82, 2.24) is 0 Å². The lowest BCUT2D eigenvalue weighted by Crippen LogP contribution is -2.03. The van der Waals surface area contributed by atoms with Gasteiger partial charge in [-0.15, -0.1) is 0 Å². The van der Waals surface area contributed by atoms with Crippen LogP contribution in [0.2, 0.25) is 0 Å². The first-order valence-electron chi connectivity index (χ1n) is 5.05. The highest BCUT2D eigenvalue weighted by atomic mass is 79.9. The summed E-state index contributed by atoms with van der Waals surface area (Å²) >= 11 is 3.32. The van der Waals surface area contributed by atoms with Crippen LogP contribution in [0.3, 0.4) is 0 Å². The zero-order valence-corrected chi connectivity index (χ0v) is 11.2. The predicted octanol–water partition coefficient (Wildman–Crippen LogP) is 3.10. The first kappa shape index (κ1) is 13.0. The molecule has 0 heterocycles. The molecule has 0 atom stereocenters. The number of rotatable bonds is 3. The number of aliphatic carboxylic acids is 1. The molecule has 0 unspecified atom stereocenters. The van der Waals surface area contributed by atoms with Gasteiger partial charge in [-0.2, -0.15) is 0 Å². The van der Waals surface area contributed by atoms with Crippen LogP contribution in [0.1, 0.15) is 28.7 Å². The van der Waals surface area contributed by atoms with E-state index >= 15 is 0 Å². The van der Waals surface area contributed by atoms with E-state index in [0.717, 1.165) is 22.3 Å². The van der Waals surface area contributed by atoms with Crippen LogP contribution in [0.5, 0.6) is 5.75 Å². The van der Waals surface area contributed by atoms with Gasteiger partial charge in [0.25, 0.3) is 0 Å². The number of hydrogen-bond donors (Lipinski definition) is 2. The van der Waals surface area contributed by atoms with Gasteiger partial charge in [0.15, 0.2) is 0 Å². The molecule has 0 radical (unpaired) electrons. The lowest BCUT2D eigenvalue weighted by Gasteiger charge is -2.15. The fraction of sp³-hybridized carbons (Fsp3) is 0.417. The van der Waals surface area contributed by atoms with Crippen LogP contribution >= 0.6 is 15.9 Å². The maximum absolute atomic E-state index is 10.6. The molecule has 0 bridgehead atoms. The normalized spacial score (nSPS) is 10.5. The second kappa shape index (κ2) is 4.87. The minimum Gasteiger partial charge on any atom is -0.506 e. The zero-order valence-electron chi connectivity index (χ0n) is 9.59. The highest BCUT2D eigenvalue weighted by Crippen LogP contribution is 2.36. The molecule has 0 aliphatic carbocycles. The molecule has 0 saturated heterocycles. The number of halogens is 1. The summed E-state index contributed by atoms with van der Waals surface area (Å²) in [6.07, 6.45) is 0.602. The first-order valence-corrected chi connectivity index (χ1v) is 5.84. The smallest absolute Gasteiger partial charge is 0.303 e. The molecular weight excluding hydrogens is 272 g/mol. The second-order valence-corrected chi connectivity index (χ2v) is 4.70. The molecule has 16 heavy (non-hydrogen) atoms. The van der Waals surface area contributed by atoms with Crippen LogP contribution in [0, 0.1) is 20.8 Å². The second-order valence-electron chi connectivity index (χ2n) is 3.91. The molecule has 0 spiro atoms. The van der Waals surface area contributed by atoms with Crippen LogP contribution in [0.4, 0.5) is 0 Å². The highest BCUT2D eigenvalue weighted by Gasteiger charge is 2.15. The Labute approximate surface area is 103 Å². The Balaban J connectivity index is 3.23. The summed E-state index contributed by atoms with van der Waals surface area (Å²) in [6.45, 7) is 5.62. The lowest BCUT2D eigenvalue weighted by molar-refractivity contribution is -0.136. The summed E-state index contributed by atoms with van der Waals surface area (Å²) in [5, 5.41) is 18.5. The van der Waals surface area contributed by atoms with Gasteiger partial charge < -0.3 is 10.2 Å². The van der Waals surface area contributed by atoms with Gasteiger partial charge in [0.05, 0.1) is 4.47 Å². The Morgan fingerprint density at radius 3 is 2.25 bits per heavy atom. The topological polar surface area (TPSA) is 57.5 Å². The van der Waals surface area contributed by atoms with Gasteiger partial charge in [0.2, 0.25) is 0 Å². The van der Waals surface area contributed by atoms with Crippen molar-refractivity contribution in [2.75, 3.05) is 0 Å². The van der Waals surface area contributed by atoms with E-state index in [4.69, 9.17) is 5.11 Å². The summed E-state index contributed by atoms with van der Waals surface area (Å²) < 4.78 is 0.663. The molecule has 0 aliphatic heterocycles. The van der Waals surface area contributed by atoms with E-state index in [0.29, 0.717) is 10.9 Å². The monoisotopic (exact) mass is 286 g/mol. The van der Waals surface area contributed by atoms with E-state index in [1.54, 1.807) is 0 Å². The molecule has 0 saturated carbocycles. The van der Waals surface area contributed by atoms with Gasteiger partial charge in [0, 0.05) is 6.42 Å². The first-order chi connectivity index (χ1) is 7.36. The van der Waals surface area contributed by atoms with Gasteiger partial charge in [-0.05, 0) is 65.4 Å². The van der Waals surface area contributed by atoms with Gasteiger partial charge in [-0.25, -0.2) is 0 Å². The quantitative estimate of drug-likeness (QED) is 0.898. The molecule has 0 amide bonds. The van der Waals surface area contributed by atoms with Crippen LogP contribution in [-0.4, -0.2) is 16.2 Å². The molecule has 1 aromatic rings. The number of carboxylic acid groups (broad SMARTS) is 1. The lowest BCUT2D eigenvalue weighted by atomic mass is 9.94. The number of phenolic OH excluding ortho intramolecular Hbond substituents is 1. The maximum atomic E-state index is 10.6. The SMILES string of the molecule is Cc1c(C)c(CCC(=O)O)c(C)c(Br)c1O. The highest BCUT2D eigenvalue weighted by molar-refractivity contribution is 9.10. The Hall–Kier alpha value is -1.03. The van der Waals surface area contributed by atoms with Crippen LogP contribution < -0.4 is 0 Å². The van der Waals surface area contributed by atoms with Crippen molar-refractivity contribution < 1.29 is 15.0 Å². The number of hydrogen-bond acceptors (Lipinski definition) is 2. The average molecular weight is 287 g/mol. The molecule has 2 N–H and O–H groups in total. The van der Waals surface area contributed by atoms with Crippen molar-refractivity contribution in [3.05, 3.63) is 26.7 Å². The summed E-state index contributed by atoms with van der Waals surface area (Å²) in [5.41, 5.74) is 3.70. The van der Waals surface area contributed by atoms with Crippen LogP contribution in [0.15, 0.2) is 4.47 Å². The minimum atomic E-state index is -0.805. The molecule has 4 heteroatoms. The fourth-order valence-corrected chi connectivity index (χ4v) is 2.30. The van der Waals surface area contributed by atoms with Gasteiger partial charge in [-0.1, -0.05) is 0 Å². The molecule has 1 rings (SSSR count). The number of aromatic hydroxyl groups is 1. The van der Waals surface area contributed by atoms with E-state index in [9.17, 15) is 9.90 Å². The van der Waals surface area contributed by atoms with Gasteiger partial charge in [0.1, 0.15) is 5.75 Å². The summed E-state index contributed by atoms with van der Waals surface area (Å²) in [4.78, 5) is 10.6. The molecule has 1 aromatic carbocycles. The molecule has 3 nitrogen and oxygen atoms in total. The number of benzene rings is 1. The van der Waals surface area contributed by atoms with E-state index < -0.39 is 5.97 Å². The Bertz CT molecular complexity index is 409. The van der Waals surface area contributed by atoms with Crippen molar-refractivity contribution in [2.24, 2.45) is 0 Å². The zero-order chi connectivity index (χ0) is 12.5. The third-order valence-electron chi connectivity index (χ3n) is 2.95. The van der Waals surface area contributed by atoms with Crippen molar-refractivity contribution >= 4 is 21.9 Å². The molecule has 0 aromatic heterocycles. The molecular formula is C12H15BrO3. The maximum Gasteiger partial charge on any atom is 0.303 e. The fourth-order valence-electron chi connectivity index (χ4n) is 1.77. The third-order valence-corrected chi connectivity index (χ3v) is 3.92. The Kier molecular flexibility index (Phi) is 3.97. The Morgan fingerprint density at radius 1 is 1.19 bits per heavy atom. The van der Waals surface area contributed by atoms with Crippen LogP contribution in [-0.2, 0) is 11.2 Å². The number of carboxylic acids is 1. The van der Waals surface area contributed by atoms with Gasteiger partial charge in [-0.3, -0.25) is 4.79 Å². The van der Waals surface area contributed by atoms with E-state index in [1.165, 1.54) is 0 Å². The summed E-state index contributed by atoms with van der Waals surface area (Å²) in [5.74, 6) is -0.560. The molecule has 0 aliphatic rings. The number of phenols is 1. The summed E-state index contributed by atoms with van der Waals surface area (Å²) in [7, 11) is 0. The number of carbonyl (C=O) groups is 1. The van der Waals surface area contributed by atoms with Gasteiger partial charge >= 0.3 is 5.97 Å². The third kappa shape index (κ3) is 2.38. The van der Waals surface area contributed by atoms with Crippen LogP contribution in [0.25, 0.3) is 0 Å². The molecule has 88 valence electrons. The molecule has 0 fully saturated rings. The largest absolute Gasteiger partial charge is 0.506 e. The van der Waals surface area contributed by atoms with E-state index in [2.05, 4.69) is 15.9 Å². The predicted molar refractivity (Wildman–Crippen MR) is 66.0 cm³/mol. The average Bonchev–Trinajstić information content (AvgIpc) is 2.23. The van der Waals surface area contributed by atoms with E-state index in [1.807, 2.05) is 20.8 Å². The summed E-state index contributed by atoms with van der Waals surface area (Å²) in [6, 6.07) is 0. The van der Waals surface area contributed by atoms with E-state index in [-0.39, 0.29) is 12.2 Å².